The Bertz CT molecular complexity index is 312. The van der Waals surface area contributed by atoms with E-state index in [2.05, 4.69) is 24.5 Å². The topological polar surface area (TPSA) is 41.1 Å². The van der Waals surface area contributed by atoms with Crippen LogP contribution in [0.3, 0.4) is 0 Å². The number of hydrogen-bond donors (Lipinski definition) is 2. The van der Waals surface area contributed by atoms with Gasteiger partial charge in [0.15, 0.2) is 0 Å². The summed E-state index contributed by atoms with van der Waals surface area (Å²) in [5, 5.41) is 6.77. The lowest BCUT2D eigenvalue weighted by Gasteiger charge is -2.56. The summed E-state index contributed by atoms with van der Waals surface area (Å²) >= 11 is 0. The lowest BCUT2D eigenvalue weighted by Crippen LogP contribution is -2.74. The Morgan fingerprint density at radius 2 is 1.94 bits per heavy atom. The van der Waals surface area contributed by atoms with E-state index >= 15 is 0 Å². The van der Waals surface area contributed by atoms with Crippen LogP contribution < -0.4 is 10.6 Å². The van der Waals surface area contributed by atoms with Crippen molar-refractivity contribution < 1.29 is 4.79 Å². The highest BCUT2D eigenvalue weighted by molar-refractivity contribution is 5.88. The van der Waals surface area contributed by atoms with Crippen LogP contribution in [0.5, 0.6) is 0 Å². The summed E-state index contributed by atoms with van der Waals surface area (Å²) in [5.74, 6) is 0.997. The van der Waals surface area contributed by atoms with Crippen LogP contribution in [0.1, 0.15) is 46.0 Å². The predicted octanol–water partition coefficient (Wildman–Crippen LogP) is 1.43. The largest absolute Gasteiger partial charge is 0.350 e. The van der Waals surface area contributed by atoms with Gasteiger partial charge < -0.3 is 10.6 Å². The number of piperazine rings is 1. The first-order valence-corrected chi connectivity index (χ1v) is 6.57. The fourth-order valence-electron chi connectivity index (χ4n) is 3.74. The molecule has 0 bridgehead atoms. The third kappa shape index (κ3) is 1.48. The van der Waals surface area contributed by atoms with E-state index in [1.807, 2.05) is 0 Å². The van der Waals surface area contributed by atoms with E-state index in [4.69, 9.17) is 0 Å². The van der Waals surface area contributed by atoms with Gasteiger partial charge in [-0.25, -0.2) is 0 Å². The molecule has 1 spiro atoms. The molecule has 2 N–H and O–H groups in total. The Morgan fingerprint density at radius 3 is 2.38 bits per heavy atom. The predicted molar refractivity (Wildman–Crippen MR) is 63.0 cm³/mol. The fourth-order valence-corrected chi connectivity index (χ4v) is 3.74. The average Bonchev–Trinajstić information content (AvgIpc) is 2.05. The van der Waals surface area contributed by atoms with Gasteiger partial charge in [0.25, 0.3) is 0 Å². The molecular weight excluding hydrogens is 200 g/mol. The molecule has 0 aromatic heterocycles. The molecule has 0 aromatic rings. The third-order valence-electron chi connectivity index (χ3n) is 4.69. The monoisotopic (exact) mass is 222 g/mol. The highest BCUT2D eigenvalue weighted by atomic mass is 16.2. The number of rotatable bonds is 1. The first kappa shape index (κ1) is 10.6. The maximum absolute atomic E-state index is 12.2. The standard InChI is InChI=1S/C13H22N2O/c1-12(2)7-13(8-12)11(16)15-10(6-14-13)9-4-3-5-9/h9-10,14H,3-8H2,1-2H3,(H,15,16)/t10-/m1/s1. The van der Waals surface area contributed by atoms with E-state index in [0.29, 0.717) is 11.5 Å². The molecule has 1 atom stereocenters. The fraction of sp³-hybridized carbons (Fsp3) is 0.923. The molecule has 1 aliphatic heterocycles. The zero-order valence-corrected chi connectivity index (χ0v) is 10.3. The smallest absolute Gasteiger partial charge is 0.240 e. The van der Waals surface area contributed by atoms with Crippen molar-refractivity contribution in [3.8, 4) is 0 Å². The first-order chi connectivity index (χ1) is 7.51. The summed E-state index contributed by atoms with van der Waals surface area (Å²) in [6, 6.07) is 0.399. The zero-order chi connectivity index (χ0) is 11.4. The second-order valence-electron chi connectivity index (χ2n) is 6.75. The number of amides is 1. The molecular formula is C13H22N2O. The van der Waals surface area contributed by atoms with Crippen LogP contribution in [-0.4, -0.2) is 24.0 Å². The summed E-state index contributed by atoms with van der Waals surface area (Å²) < 4.78 is 0. The summed E-state index contributed by atoms with van der Waals surface area (Å²) in [5.41, 5.74) is 0.122. The number of carbonyl (C=O) groups excluding carboxylic acids is 1. The third-order valence-corrected chi connectivity index (χ3v) is 4.69. The van der Waals surface area contributed by atoms with E-state index in [-0.39, 0.29) is 11.4 Å². The van der Waals surface area contributed by atoms with Crippen molar-refractivity contribution in [2.45, 2.75) is 57.5 Å². The average molecular weight is 222 g/mol. The van der Waals surface area contributed by atoms with Crippen molar-refractivity contribution >= 4 is 5.91 Å². The van der Waals surface area contributed by atoms with Crippen LogP contribution in [0.15, 0.2) is 0 Å². The molecule has 0 radical (unpaired) electrons. The van der Waals surface area contributed by atoms with Crippen LogP contribution in [0.25, 0.3) is 0 Å². The number of carbonyl (C=O) groups is 1. The molecule has 2 saturated carbocycles. The normalized spacial score (nSPS) is 36.4. The highest BCUT2D eigenvalue weighted by Gasteiger charge is 2.56. The maximum atomic E-state index is 12.2. The van der Waals surface area contributed by atoms with Gasteiger partial charge in [-0.2, -0.15) is 0 Å². The molecule has 2 aliphatic carbocycles. The Labute approximate surface area is 97.4 Å². The minimum atomic E-state index is -0.219. The van der Waals surface area contributed by atoms with Crippen molar-refractivity contribution in [2.75, 3.05) is 6.54 Å². The Hall–Kier alpha value is -0.570. The van der Waals surface area contributed by atoms with Crippen LogP contribution in [0.2, 0.25) is 0 Å². The molecule has 3 heteroatoms. The first-order valence-electron chi connectivity index (χ1n) is 6.57. The van der Waals surface area contributed by atoms with Crippen LogP contribution in [-0.2, 0) is 4.79 Å². The lowest BCUT2D eigenvalue weighted by molar-refractivity contribution is -0.142. The van der Waals surface area contributed by atoms with Crippen molar-refractivity contribution in [1.82, 2.24) is 10.6 Å². The van der Waals surface area contributed by atoms with Gasteiger partial charge in [0.2, 0.25) is 5.91 Å². The van der Waals surface area contributed by atoms with Gasteiger partial charge in [-0.3, -0.25) is 4.79 Å². The van der Waals surface area contributed by atoms with Gasteiger partial charge in [0, 0.05) is 12.6 Å². The van der Waals surface area contributed by atoms with E-state index < -0.39 is 0 Å². The molecule has 0 unspecified atom stereocenters. The highest BCUT2D eigenvalue weighted by Crippen LogP contribution is 2.49. The van der Waals surface area contributed by atoms with E-state index in [1.165, 1.54) is 19.3 Å². The minimum Gasteiger partial charge on any atom is -0.350 e. The van der Waals surface area contributed by atoms with Crippen molar-refractivity contribution in [3.63, 3.8) is 0 Å². The van der Waals surface area contributed by atoms with Gasteiger partial charge in [-0.15, -0.1) is 0 Å². The van der Waals surface area contributed by atoms with Crippen molar-refractivity contribution in [2.24, 2.45) is 11.3 Å². The molecule has 16 heavy (non-hydrogen) atoms. The molecule has 3 aliphatic rings. The van der Waals surface area contributed by atoms with Crippen LogP contribution in [0, 0.1) is 11.3 Å². The molecule has 1 amide bonds. The van der Waals surface area contributed by atoms with E-state index in [0.717, 1.165) is 25.3 Å². The molecule has 3 fully saturated rings. The lowest BCUT2D eigenvalue weighted by atomic mass is 9.58. The second-order valence-corrected chi connectivity index (χ2v) is 6.75. The van der Waals surface area contributed by atoms with Gasteiger partial charge in [-0.1, -0.05) is 20.3 Å². The summed E-state index contributed by atoms with van der Waals surface area (Å²) in [7, 11) is 0. The molecule has 1 saturated heterocycles. The van der Waals surface area contributed by atoms with Crippen molar-refractivity contribution in [3.05, 3.63) is 0 Å². The van der Waals surface area contributed by atoms with Gasteiger partial charge in [-0.05, 0) is 37.0 Å². The van der Waals surface area contributed by atoms with E-state index in [9.17, 15) is 4.79 Å². The Kier molecular flexibility index (Phi) is 2.13. The Balaban J connectivity index is 1.63. The molecule has 3 rings (SSSR count). The maximum Gasteiger partial charge on any atom is 0.240 e. The van der Waals surface area contributed by atoms with Gasteiger partial charge in [0.05, 0.1) is 5.54 Å². The SMILES string of the molecule is CC1(C)CC2(C1)NC[C@H](C1CCC1)NC2=O. The van der Waals surface area contributed by atoms with E-state index in [1.54, 1.807) is 0 Å². The van der Waals surface area contributed by atoms with Crippen molar-refractivity contribution in [1.29, 1.82) is 0 Å². The molecule has 0 aromatic carbocycles. The Morgan fingerprint density at radius 1 is 1.25 bits per heavy atom. The number of hydrogen-bond acceptors (Lipinski definition) is 2. The van der Waals surface area contributed by atoms with Crippen LogP contribution in [0.4, 0.5) is 0 Å². The summed E-state index contributed by atoms with van der Waals surface area (Å²) in [4.78, 5) is 12.2. The quantitative estimate of drug-likeness (QED) is 0.705. The van der Waals surface area contributed by atoms with Crippen LogP contribution >= 0.6 is 0 Å². The second kappa shape index (κ2) is 3.22. The molecule has 3 nitrogen and oxygen atoms in total. The summed E-state index contributed by atoms with van der Waals surface area (Å²) in [6.07, 6.45) is 5.91. The molecule has 1 heterocycles. The zero-order valence-electron chi connectivity index (χ0n) is 10.3. The number of nitrogens with one attached hydrogen (secondary N) is 2. The molecule has 90 valence electrons. The summed E-state index contributed by atoms with van der Waals surface area (Å²) in [6.45, 7) is 5.46. The van der Waals surface area contributed by atoms with Gasteiger partial charge in [0.1, 0.15) is 0 Å². The minimum absolute atomic E-state index is 0.219. The van der Waals surface area contributed by atoms with Gasteiger partial charge >= 0.3 is 0 Å².